The van der Waals surface area contributed by atoms with Gasteiger partial charge in [-0.1, -0.05) is 0 Å². The zero-order valence-corrected chi connectivity index (χ0v) is 6.29. The molecular weight excluding hydrogens is 142 g/mol. The standard InChI is InChI=1S/C7H11N3O/c8-5-10-3-1-6(2-4-10)7(9)11/h6H,1-4H2,(H2,9,11). The van der Waals surface area contributed by atoms with Crippen LogP contribution in [0.4, 0.5) is 0 Å². The van der Waals surface area contributed by atoms with E-state index in [1.165, 1.54) is 0 Å². The SMILES string of the molecule is N#CN1CCC(C(N)=O)CC1. The average Bonchev–Trinajstić information content (AvgIpc) is 2.05. The van der Waals surface area contributed by atoms with Crippen molar-refractivity contribution in [2.24, 2.45) is 11.7 Å². The molecule has 0 bridgehead atoms. The van der Waals surface area contributed by atoms with Crippen molar-refractivity contribution in [3.05, 3.63) is 0 Å². The quantitative estimate of drug-likeness (QED) is 0.524. The van der Waals surface area contributed by atoms with Crippen LogP contribution in [0.2, 0.25) is 0 Å². The summed E-state index contributed by atoms with van der Waals surface area (Å²) in [5, 5.41) is 8.48. The fourth-order valence-electron chi connectivity index (χ4n) is 1.26. The summed E-state index contributed by atoms with van der Waals surface area (Å²) in [5.41, 5.74) is 5.11. The maximum absolute atomic E-state index is 10.7. The summed E-state index contributed by atoms with van der Waals surface area (Å²) in [4.78, 5) is 12.3. The first-order valence-electron chi connectivity index (χ1n) is 3.68. The minimum atomic E-state index is -0.234. The van der Waals surface area contributed by atoms with Gasteiger partial charge in [-0.15, -0.1) is 0 Å². The van der Waals surface area contributed by atoms with Gasteiger partial charge in [0.05, 0.1) is 0 Å². The second kappa shape index (κ2) is 3.24. The molecule has 0 spiro atoms. The average molecular weight is 153 g/mol. The highest BCUT2D eigenvalue weighted by molar-refractivity contribution is 5.76. The van der Waals surface area contributed by atoms with Crippen molar-refractivity contribution in [2.75, 3.05) is 13.1 Å². The van der Waals surface area contributed by atoms with Crippen LogP contribution in [0, 0.1) is 17.4 Å². The molecule has 60 valence electrons. The molecular formula is C7H11N3O. The van der Waals surface area contributed by atoms with E-state index in [2.05, 4.69) is 0 Å². The Morgan fingerprint density at radius 3 is 2.45 bits per heavy atom. The summed E-state index contributed by atoms with van der Waals surface area (Å²) in [6, 6.07) is 0. The van der Waals surface area contributed by atoms with Crippen molar-refractivity contribution in [1.29, 1.82) is 5.26 Å². The molecule has 0 aromatic rings. The Labute approximate surface area is 65.6 Å². The molecule has 11 heavy (non-hydrogen) atoms. The lowest BCUT2D eigenvalue weighted by atomic mass is 9.97. The number of piperidine rings is 1. The molecule has 1 aliphatic rings. The fraction of sp³-hybridized carbons (Fsp3) is 0.714. The zero-order chi connectivity index (χ0) is 8.27. The molecule has 0 radical (unpaired) electrons. The second-order valence-corrected chi connectivity index (χ2v) is 2.76. The van der Waals surface area contributed by atoms with Crippen LogP contribution in [0.3, 0.4) is 0 Å². The summed E-state index contributed by atoms with van der Waals surface area (Å²) in [7, 11) is 0. The van der Waals surface area contributed by atoms with Gasteiger partial charge >= 0.3 is 0 Å². The third-order valence-electron chi connectivity index (χ3n) is 2.04. The van der Waals surface area contributed by atoms with Crippen LogP contribution in [0.25, 0.3) is 0 Å². The first kappa shape index (κ1) is 7.86. The Bertz CT molecular complexity index is 188. The fourth-order valence-corrected chi connectivity index (χ4v) is 1.26. The number of rotatable bonds is 1. The van der Waals surface area contributed by atoms with Crippen LogP contribution in [0.5, 0.6) is 0 Å². The predicted octanol–water partition coefficient (Wildman–Crippen LogP) is -0.335. The second-order valence-electron chi connectivity index (χ2n) is 2.76. The molecule has 4 heteroatoms. The monoisotopic (exact) mass is 153 g/mol. The molecule has 1 rings (SSSR count). The number of likely N-dealkylation sites (tertiary alicyclic amines) is 1. The molecule has 1 fully saturated rings. The maximum atomic E-state index is 10.7. The molecule has 1 heterocycles. The molecule has 1 amide bonds. The van der Waals surface area contributed by atoms with Gasteiger partial charge in [-0.2, -0.15) is 5.26 Å². The predicted molar refractivity (Wildman–Crippen MR) is 39.1 cm³/mol. The molecule has 0 aliphatic carbocycles. The van der Waals surface area contributed by atoms with Crippen LogP contribution in [0.15, 0.2) is 0 Å². The lowest BCUT2D eigenvalue weighted by Gasteiger charge is -2.25. The van der Waals surface area contributed by atoms with E-state index >= 15 is 0 Å². The number of carbonyl (C=O) groups excluding carboxylic acids is 1. The Morgan fingerprint density at radius 1 is 1.55 bits per heavy atom. The number of carbonyl (C=O) groups is 1. The Kier molecular flexibility index (Phi) is 2.32. The van der Waals surface area contributed by atoms with Gasteiger partial charge < -0.3 is 10.6 Å². The third kappa shape index (κ3) is 1.84. The smallest absolute Gasteiger partial charge is 0.220 e. The number of primary amides is 1. The van der Waals surface area contributed by atoms with E-state index in [0.717, 1.165) is 12.8 Å². The summed E-state index contributed by atoms with van der Waals surface area (Å²) in [6.45, 7) is 1.34. The van der Waals surface area contributed by atoms with Crippen LogP contribution in [0.1, 0.15) is 12.8 Å². The van der Waals surface area contributed by atoms with Crippen molar-refractivity contribution in [3.63, 3.8) is 0 Å². The third-order valence-corrected chi connectivity index (χ3v) is 2.04. The van der Waals surface area contributed by atoms with Gasteiger partial charge in [0.1, 0.15) is 0 Å². The van der Waals surface area contributed by atoms with E-state index in [1.807, 2.05) is 6.19 Å². The highest BCUT2D eigenvalue weighted by atomic mass is 16.1. The van der Waals surface area contributed by atoms with Gasteiger partial charge in [-0.05, 0) is 12.8 Å². The van der Waals surface area contributed by atoms with Crippen molar-refractivity contribution >= 4 is 5.91 Å². The topological polar surface area (TPSA) is 70.1 Å². The van der Waals surface area contributed by atoms with E-state index in [-0.39, 0.29) is 11.8 Å². The molecule has 0 aromatic heterocycles. The van der Waals surface area contributed by atoms with Crippen molar-refractivity contribution < 1.29 is 4.79 Å². The summed E-state index contributed by atoms with van der Waals surface area (Å²) in [5.74, 6) is -0.248. The van der Waals surface area contributed by atoms with E-state index in [1.54, 1.807) is 4.90 Å². The number of hydrogen-bond donors (Lipinski definition) is 1. The number of nitriles is 1. The van der Waals surface area contributed by atoms with Crippen molar-refractivity contribution in [1.82, 2.24) is 4.90 Å². The lowest BCUT2D eigenvalue weighted by Crippen LogP contribution is -2.35. The number of nitrogens with zero attached hydrogens (tertiary/aromatic N) is 2. The maximum Gasteiger partial charge on any atom is 0.220 e. The van der Waals surface area contributed by atoms with Gasteiger partial charge in [0.2, 0.25) is 5.91 Å². The minimum absolute atomic E-state index is 0.0143. The first-order chi connectivity index (χ1) is 5.24. The van der Waals surface area contributed by atoms with Crippen molar-refractivity contribution in [2.45, 2.75) is 12.8 Å². The number of hydrogen-bond acceptors (Lipinski definition) is 3. The number of amides is 1. The highest BCUT2D eigenvalue weighted by Gasteiger charge is 2.21. The van der Waals surface area contributed by atoms with Crippen LogP contribution < -0.4 is 5.73 Å². The minimum Gasteiger partial charge on any atom is -0.369 e. The Morgan fingerprint density at radius 2 is 2.09 bits per heavy atom. The zero-order valence-electron chi connectivity index (χ0n) is 6.29. The molecule has 0 atom stereocenters. The van der Waals surface area contributed by atoms with Gasteiger partial charge in [0.25, 0.3) is 0 Å². The van der Waals surface area contributed by atoms with Gasteiger partial charge in [0.15, 0.2) is 6.19 Å². The molecule has 1 saturated heterocycles. The van der Waals surface area contributed by atoms with Gasteiger partial charge in [0, 0.05) is 19.0 Å². The van der Waals surface area contributed by atoms with Crippen molar-refractivity contribution in [3.8, 4) is 6.19 Å². The molecule has 4 nitrogen and oxygen atoms in total. The van der Waals surface area contributed by atoms with Gasteiger partial charge in [-0.3, -0.25) is 4.79 Å². The lowest BCUT2D eigenvalue weighted by molar-refractivity contribution is -0.122. The van der Waals surface area contributed by atoms with Crippen LogP contribution in [-0.4, -0.2) is 23.9 Å². The highest BCUT2D eigenvalue weighted by Crippen LogP contribution is 2.15. The van der Waals surface area contributed by atoms with E-state index in [4.69, 9.17) is 11.0 Å². The summed E-state index contributed by atoms with van der Waals surface area (Å²) in [6.07, 6.45) is 3.49. The molecule has 1 aliphatic heterocycles. The van der Waals surface area contributed by atoms with E-state index in [0.29, 0.717) is 13.1 Å². The molecule has 0 saturated carbocycles. The van der Waals surface area contributed by atoms with E-state index in [9.17, 15) is 4.79 Å². The first-order valence-corrected chi connectivity index (χ1v) is 3.68. The molecule has 0 unspecified atom stereocenters. The van der Waals surface area contributed by atoms with Crippen LogP contribution in [-0.2, 0) is 4.79 Å². The number of nitrogens with two attached hydrogens (primary N) is 1. The normalized spacial score (nSPS) is 19.4. The summed E-state index contributed by atoms with van der Waals surface area (Å²) >= 11 is 0. The Balaban J connectivity index is 2.37. The Hall–Kier alpha value is -1.24. The summed E-state index contributed by atoms with van der Waals surface area (Å²) < 4.78 is 0. The largest absolute Gasteiger partial charge is 0.369 e. The van der Waals surface area contributed by atoms with E-state index < -0.39 is 0 Å². The van der Waals surface area contributed by atoms with Gasteiger partial charge in [-0.25, -0.2) is 0 Å². The van der Waals surface area contributed by atoms with Crippen LogP contribution >= 0.6 is 0 Å². The molecule has 2 N–H and O–H groups in total. The molecule has 0 aromatic carbocycles.